The largest absolute Gasteiger partial charge is 0.259 e. The first kappa shape index (κ1) is 13.0. The Kier molecular flexibility index (Phi) is 2.96. The molecule has 3 aromatic rings. The zero-order valence-corrected chi connectivity index (χ0v) is 12.4. The molecule has 5 nitrogen and oxygen atoms in total. The van der Waals surface area contributed by atoms with Gasteiger partial charge in [0.05, 0.1) is 22.6 Å². The maximum atomic E-state index is 9.18. The molecule has 20 heavy (non-hydrogen) atoms. The Hall–Kier alpha value is -1.97. The summed E-state index contributed by atoms with van der Waals surface area (Å²) >= 11 is 7.58. The molecule has 0 saturated carbocycles. The second kappa shape index (κ2) is 4.54. The SMILES string of the molecule is CC(C)(C#N)c1csc(-c2ccnc3[nH]nc(Cl)c23)n1. The molecule has 100 valence electrons. The van der Waals surface area contributed by atoms with E-state index < -0.39 is 5.41 Å². The van der Waals surface area contributed by atoms with Crippen molar-refractivity contribution < 1.29 is 0 Å². The van der Waals surface area contributed by atoms with Crippen molar-refractivity contribution in [1.29, 1.82) is 5.26 Å². The van der Waals surface area contributed by atoms with Crippen molar-refractivity contribution in [2.75, 3.05) is 0 Å². The average molecular weight is 304 g/mol. The van der Waals surface area contributed by atoms with Gasteiger partial charge in [0.15, 0.2) is 10.8 Å². The van der Waals surface area contributed by atoms with Gasteiger partial charge < -0.3 is 0 Å². The summed E-state index contributed by atoms with van der Waals surface area (Å²) in [5.74, 6) is 0. The first-order valence-corrected chi connectivity index (χ1v) is 7.15. The summed E-state index contributed by atoms with van der Waals surface area (Å²) in [4.78, 5) is 8.74. The Morgan fingerprint density at radius 3 is 3.00 bits per heavy atom. The van der Waals surface area contributed by atoms with Gasteiger partial charge in [-0.3, -0.25) is 5.10 Å². The summed E-state index contributed by atoms with van der Waals surface area (Å²) in [7, 11) is 0. The third-order valence-electron chi connectivity index (χ3n) is 3.07. The minimum atomic E-state index is -0.610. The Morgan fingerprint density at radius 2 is 2.25 bits per heavy atom. The van der Waals surface area contributed by atoms with Crippen molar-refractivity contribution >= 4 is 34.0 Å². The quantitative estimate of drug-likeness (QED) is 0.785. The first-order valence-electron chi connectivity index (χ1n) is 5.89. The number of aromatic amines is 1. The van der Waals surface area contributed by atoms with E-state index in [0.717, 1.165) is 21.7 Å². The predicted molar refractivity (Wildman–Crippen MR) is 78.6 cm³/mol. The molecule has 0 bridgehead atoms. The maximum Gasteiger partial charge on any atom is 0.161 e. The van der Waals surface area contributed by atoms with Crippen LogP contribution in [0.4, 0.5) is 0 Å². The van der Waals surface area contributed by atoms with Crippen LogP contribution in [0.25, 0.3) is 21.6 Å². The molecule has 0 atom stereocenters. The van der Waals surface area contributed by atoms with Gasteiger partial charge in [-0.05, 0) is 19.9 Å². The number of rotatable bonds is 2. The van der Waals surface area contributed by atoms with Crippen LogP contribution < -0.4 is 0 Å². The molecule has 0 amide bonds. The van der Waals surface area contributed by atoms with E-state index >= 15 is 0 Å². The van der Waals surface area contributed by atoms with Gasteiger partial charge >= 0.3 is 0 Å². The van der Waals surface area contributed by atoms with Crippen molar-refractivity contribution in [2.24, 2.45) is 0 Å². The topological polar surface area (TPSA) is 78.2 Å². The van der Waals surface area contributed by atoms with Gasteiger partial charge in [0.25, 0.3) is 0 Å². The number of hydrogen-bond acceptors (Lipinski definition) is 5. The van der Waals surface area contributed by atoms with Crippen LogP contribution in [0.2, 0.25) is 5.15 Å². The number of nitrogens with one attached hydrogen (secondary N) is 1. The fourth-order valence-electron chi connectivity index (χ4n) is 1.83. The highest BCUT2D eigenvalue weighted by Gasteiger charge is 2.24. The molecule has 7 heteroatoms. The molecule has 0 aliphatic carbocycles. The minimum Gasteiger partial charge on any atom is -0.259 e. The van der Waals surface area contributed by atoms with Gasteiger partial charge in [-0.1, -0.05) is 11.6 Å². The Bertz CT molecular complexity index is 827. The Balaban J connectivity index is 2.18. The van der Waals surface area contributed by atoms with Crippen molar-refractivity contribution in [3.05, 3.63) is 28.5 Å². The highest BCUT2D eigenvalue weighted by atomic mass is 35.5. The summed E-state index contributed by atoms with van der Waals surface area (Å²) in [6, 6.07) is 4.11. The average Bonchev–Trinajstić information content (AvgIpc) is 3.07. The Labute approximate surface area is 124 Å². The standard InChI is InChI=1S/C13H10ClN5S/c1-13(2,6-15)8-5-20-12(17-8)7-3-4-16-11-9(7)10(14)18-19-11/h3-5H,1-2H3,(H,16,18,19). The lowest BCUT2D eigenvalue weighted by Gasteiger charge is -2.10. The van der Waals surface area contributed by atoms with Gasteiger partial charge in [0, 0.05) is 17.1 Å². The van der Waals surface area contributed by atoms with Crippen LogP contribution in [0.5, 0.6) is 0 Å². The normalized spacial score (nSPS) is 11.7. The summed E-state index contributed by atoms with van der Waals surface area (Å²) in [6.07, 6.45) is 1.68. The summed E-state index contributed by atoms with van der Waals surface area (Å²) in [5.41, 5.74) is 1.65. The van der Waals surface area contributed by atoms with Gasteiger partial charge in [-0.15, -0.1) is 11.3 Å². The van der Waals surface area contributed by atoms with E-state index in [9.17, 15) is 5.26 Å². The van der Waals surface area contributed by atoms with E-state index in [-0.39, 0.29) is 0 Å². The fourth-order valence-corrected chi connectivity index (χ4v) is 3.09. The lowest BCUT2D eigenvalue weighted by atomic mass is 9.92. The summed E-state index contributed by atoms with van der Waals surface area (Å²) < 4.78 is 0. The lowest BCUT2D eigenvalue weighted by Crippen LogP contribution is -2.14. The van der Waals surface area contributed by atoms with Crippen molar-refractivity contribution in [3.8, 4) is 16.6 Å². The van der Waals surface area contributed by atoms with Crippen LogP contribution in [0.1, 0.15) is 19.5 Å². The molecule has 0 aliphatic heterocycles. The van der Waals surface area contributed by atoms with Crippen molar-refractivity contribution in [2.45, 2.75) is 19.3 Å². The molecule has 3 rings (SSSR count). The molecule has 1 N–H and O–H groups in total. The van der Waals surface area contributed by atoms with Crippen molar-refractivity contribution in [1.82, 2.24) is 20.2 Å². The molecular formula is C13H10ClN5S. The number of aromatic nitrogens is 4. The maximum absolute atomic E-state index is 9.18. The van der Waals surface area contributed by atoms with Crippen LogP contribution in [0.15, 0.2) is 17.6 Å². The molecular weight excluding hydrogens is 294 g/mol. The first-order chi connectivity index (χ1) is 9.53. The van der Waals surface area contributed by atoms with E-state index in [1.165, 1.54) is 11.3 Å². The van der Waals surface area contributed by atoms with Crippen LogP contribution in [-0.4, -0.2) is 20.2 Å². The number of halogens is 1. The minimum absolute atomic E-state index is 0.374. The van der Waals surface area contributed by atoms with E-state index in [0.29, 0.717) is 10.8 Å². The third kappa shape index (κ3) is 1.96. The van der Waals surface area contributed by atoms with E-state index in [1.54, 1.807) is 6.20 Å². The molecule has 0 fully saturated rings. The van der Waals surface area contributed by atoms with E-state index in [1.807, 2.05) is 25.3 Å². The van der Waals surface area contributed by atoms with Crippen molar-refractivity contribution in [3.63, 3.8) is 0 Å². The monoisotopic (exact) mass is 303 g/mol. The molecule has 0 saturated heterocycles. The molecule has 3 heterocycles. The zero-order valence-electron chi connectivity index (χ0n) is 10.8. The molecule has 0 radical (unpaired) electrons. The highest BCUT2D eigenvalue weighted by molar-refractivity contribution is 7.13. The fraction of sp³-hybridized carbons (Fsp3) is 0.231. The zero-order chi connectivity index (χ0) is 14.3. The van der Waals surface area contributed by atoms with Gasteiger partial charge in [0.1, 0.15) is 5.01 Å². The highest BCUT2D eigenvalue weighted by Crippen LogP contribution is 2.35. The number of fused-ring (bicyclic) bond motifs is 1. The van der Waals surface area contributed by atoms with Crippen LogP contribution in [0, 0.1) is 11.3 Å². The third-order valence-corrected chi connectivity index (χ3v) is 4.22. The number of H-pyrrole nitrogens is 1. The van der Waals surface area contributed by atoms with E-state index in [2.05, 4.69) is 26.2 Å². The molecule has 3 aromatic heterocycles. The van der Waals surface area contributed by atoms with Gasteiger partial charge in [-0.2, -0.15) is 10.4 Å². The predicted octanol–water partition coefficient (Wildman–Crippen LogP) is 3.54. The van der Waals surface area contributed by atoms with Crippen LogP contribution in [-0.2, 0) is 5.41 Å². The number of pyridine rings is 1. The van der Waals surface area contributed by atoms with Crippen LogP contribution >= 0.6 is 22.9 Å². The Morgan fingerprint density at radius 1 is 1.45 bits per heavy atom. The van der Waals surface area contributed by atoms with Crippen LogP contribution in [0.3, 0.4) is 0 Å². The summed E-state index contributed by atoms with van der Waals surface area (Å²) in [6.45, 7) is 3.69. The molecule has 0 unspecified atom stereocenters. The summed E-state index contributed by atoms with van der Waals surface area (Å²) in [5, 5.41) is 19.7. The second-order valence-electron chi connectivity index (χ2n) is 4.87. The smallest absolute Gasteiger partial charge is 0.161 e. The van der Waals surface area contributed by atoms with Gasteiger partial charge in [-0.25, -0.2) is 9.97 Å². The number of nitriles is 1. The number of hydrogen-bond donors (Lipinski definition) is 1. The molecule has 0 aromatic carbocycles. The van der Waals surface area contributed by atoms with E-state index in [4.69, 9.17) is 11.6 Å². The number of thiazole rings is 1. The number of nitrogens with zero attached hydrogens (tertiary/aromatic N) is 4. The van der Waals surface area contributed by atoms with Gasteiger partial charge in [0.2, 0.25) is 0 Å². The molecule has 0 spiro atoms. The molecule has 0 aliphatic rings. The second-order valence-corrected chi connectivity index (χ2v) is 6.09. The lowest BCUT2D eigenvalue weighted by molar-refractivity contribution is 0.666.